The van der Waals surface area contributed by atoms with Gasteiger partial charge in [-0.1, -0.05) is 48.3 Å². The molecular formula is C24H23Cl2N3O3. The van der Waals surface area contributed by atoms with E-state index in [1.165, 1.54) is 6.07 Å². The average Bonchev–Trinajstić information content (AvgIpc) is 2.77. The van der Waals surface area contributed by atoms with Crippen molar-refractivity contribution in [1.29, 1.82) is 0 Å². The molecule has 2 heterocycles. The highest BCUT2D eigenvalue weighted by atomic mass is 35.5. The van der Waals surface area contributed by atoms with E-state index in [4.69, 9.17) is 32.9 Å². The zero-order chi connectivity index (χ0) is 22.8. The van der Waals surface area contributed by atoms with E-state index in [1.807, 2.05) is 31.3 Å². The second kappa shape index (κ2) is 9.45. The van der Waals surface area contributed by atoms with Crippen molar-refractivity contribution in [2.24, 2.45) is 0 Å². The standard InChI is InChI=1S/C24H23Cl2N3O3/c1-3-21(23(30)28-20-9-8-14(25)12-17(20)26)32-24(31)22-15-6-4-5-7-18(15)27-19-10-11-29(2)13-16(19)22/h4-9,12,21H,3,10-11,13H2,1-2H3,(H,28,30). The smallest absolute Gasteiger partial charge is 0.340 e. The average molecular weight is 472 g/mol. The van der Waals surface area contributed by atoms with Crippen molar-refractivity contribution in [2.75, 3.05) is 18.9 Å². The van der Waals surface area contributed by atoms with E-state index in [1.54, 1.807) is 19.1 Å². The van der Waals surface area contributed by atoms with Crippen LogP contribution in [0.4, 0.5) is 5.69 Å². The number of pyridine rings is 1. The molecule has 8 heteroatoms. The van der Waals surface area contributed by atoms with Gasteiger partial charge in [0.15, 0.2) is 6.10 Å². The second-order valence-corrected chi connectivity index (χ2v) is 8.68. The third-order valence-electron chi connectivity index (χ3n) is 5.54. The maximum absolute atomic E-state index is 13.4. The van der Waals surface area contributed by atoms with Crippen LogP contribution in [-0.2, 0) is 22.5 Å². The van der Waals surface area contributed by atoms with E-state index in [9.17, 15) is 9.59 Å². The number of para-hydroxylation sites is 1. The van der Waals surface area contributed by atoms with Crippen LogP contribution in [0.1, 0.15) is 35.0 Å². The minimum absolute atomic E-state index is 0.310. The van der Waals surface area contributed by atoms with E-state index in [0.717, 1.165) is 35.1 Å². The lowest BCUT2D eigenvalue weighted by Gasteiger charge is -2.27. The van der Waals surface area contributed by atoms with E-state index < -0.39 is 18.0 Å². The van der Waals surface area contributed by atoms with Crippen molar-refractivity contribution < 1.29 is 14.3 Å². The zero-order valence-corrected chi connectivity index (χ0v) is 19.3. The van der Waals surface area contributed by atoms with Gasteiger partial charge in [-0.2, -0.15) is 0 Å². The fourth-order valence-corrected chi connectivity index (χ4v) is 4.33. The first-order valence-electron chi connectivity index (χ1n) is 10.4. The zero-order valence-electron chi connectivity index (χ0n) is 17.8. The van der Waals surface area contributed by atoms with Gasteiger partial charge in [0.1, 0.15) is 0 Å². The van der Waals surface area contributed by atoms with Crippen molar-refractivity contribution in [1.82, 2.24) is 9.88 Å². The predicted octanol–water partition coefficient (Wildman–Crippen LogP) is 5.10. The fourth-order valence-electron chi connectivity index (χ4n) is 3.87. The molecule has 0 fully saturated rings. The van der Waals surface area contributed by atoms with E-state index in [-0.39, 0.29) is 0 Å². The van der Waals surface area contributed by atoms with Crippen molar-refractivity contribution in [3.63, 3.8) is 0 Å². The van der Waals surface area contributed by atoms with Crippen molar-refractivity contribution >= 4 is 51.7 Å². The van der Waals surface area contributed by atoms with Crippen molar-refractivity contribution in [3.8, 4) is 0 Å². The summed E-state index contributed by atoms with van der Waals surface area (Å²) in [7, 11) is 2.01. The summed E-state index contributed by atoms with van der Waals surface area (Å²) in [6.45, 7) is 3.25. The molecule has 1 atom stereocenters. The molecule has 1 aromatic heterocycles. The molecule has 0 aliphatic carbocycles. The molecule has 1 aliphatic rings. The number of nitrogens with one attached hydrogen (secondary N) is 1. The summed E-state index contributed by atoms with van der Waals surface area (Å²) in [5, 5.41) is 4.22. The Balaban J connectivity index is 1.63. The number of benzene rings is 2. The number of esters is 1. The highest BCUT2D eigenvalue weighted by Crippen LogP contribution is 2.29. The number of fused-ring (bicyclic) bond motifs is 2. The number of hydrogen-bond acceptors (Lipinski definition) is 5. The Labute approximate surface area is 196 Å². The van der Waals surface area contributed by atoms with Gasteiger partial charge in [-0.3, -0.25) is 9.78 Å². The first kappa shape index (κ1) is 22.5. The Morgan fingerprint density at radius 3 is 2.75 bits per heavy atom. The van der Waals surface area contributed by atoms with Gasteiger partial charge in [0.25, 0.3) is 5.91 Å². The molecule has 4 rings (SSSR count). The number of aromatic nitrogens is 1. The molecule has 1 unspecified atom stereocenters. The van der Waals surface area contributed by atoms with Crippen LogP contribution in [-0.4, -0.2) is 41.5 Å². The minimum atomic E-state index is -0.974. The molecule has 0 saturated heterocycles. The summed E-state index contributed by atoms with van der Waals surface area (Å²) in [6, 6.07) is 12.3. The summed E-state index contributed by atoms with van der Waals surface area (Å²) in [6.07, 6.45) is 0.0931. The maximum Gasteiger partial charge on any atom is 0.340 e. The summed E-state index contributed by atoms with van der Waals surface area (Å²) in [5.41, 5.74) is 3.39. The lowest BCUT2D eigenvalue weighted by atomic mass is 9.96. The van der Waals surface area contributed by atoms with E-state index in [2.05, 4.69) is 10.2 Å². The predicted molar refractivity (Wildman–Crippen MR) is 126 cm³/mol. The molecule has 1 N–H and O–H groups in total. The molecule has 166 valence electrons. The van der Waals surface area contributed by atoms with Crippen LogP contribution in [0.25, 0.3) is 10.9 Å². The SMILES string of the molecule is CCC(OC(=O)c1c2c(nc3ccccc13)CCN(C)C2)C(=O)Nc1ccc(Cl)cc1Cl. The maximum atomic E-state index is 13.4. The van der Waals surface area contributed by atoms with Crippen LogP contribution in [0.2, 0.25) is 10.0 Å². The number of likely N-dealkylation sites (N-methyl/N-ethyl adjacent to an activating group) is 1. The molecule has 0 spiro atoms. The molecular weight excluding hydrogens is 449 g/mol. The number of anilines is 1. The van der Waals surface area contributed by atoms with Gasteiger partial charge in [-0.25, -0.2) is 4.79 Å². The van der Waals surface area contributed by atoms with E-state index >= 15 is 0 Å². The molecule has 0 bridgehead atoms. The monoisotopic (exact) mass is 471 g/mol. The van der Waals surface area contributed by atoms with Crippen LogP contribution in [0, 0.1) is 0 Å². The number of ether oxygens (including phenoxy) is 1. The number of amides is 1. The summed E-state index contributed by atoms with van der Waals surface area (Å²) < 4.78 is 5.73. The van der Waals surface area contributed by atoms with Gasteiger partial charge in [-0.15, -0.1) is 0 Å². The minimum Gasteiger partial charge on any atom is -0.449 e. The number of carbonyl (C=O) groups is 2. The highest BCUT2D eigenvalue weighted by molar-refractivity contribution is 6.36. The van der Waals surface area contributed by atoms with Gasteiger partial charge in [0.05, 0.1) is 21.8 Å². The summed E-state index contributed by atoms with van der Waals surface area (Å²) in [4.78, 5) is 33.1. The van der Waals surface area contributed by atoms with Crippen molar-refractivity contribution in [2.45, 2.75) is 32.4 Å². The quantitative estimate of drug-likeness (QED) is 0.523. The van der Waals surface area contributed by atoms with Crippen LogP contribution in [0.5, 0.6) is 0 Å². The topological polar surface area (TPSA) is 71.5 Å². The Morgan fingerprint density at radius 2 is 2.00 bits per heavy atom. The van der Waals surface area contributed by atoms with Crippen LogP contribution in [0.15, 0.2) is 42.5 Å². The molecule has 1 amide bonds. The fraction of sp³-hybridized carbons (Fsp3) is 0.292. The third-order valence-corrected chi connectivity index (χ3v) is 6.09. The largest absolute Gasteiger partial charge is 0.449 e. The van der Waals surface area contributed by atoms with Crippen molar-refractivity contribution in [3.05, 3.63) is 69.3 Å². The highest BCUT2D eigenvalue weighted by Gasteiger charge is 2.29. The molecule has 6 nitrogen and oxygen atoms in total. The Kier molecular flexibility index (Phi) is 6.65. The van der Waals surface area contributed by atoms with Gasteiger partial charge in [0.2, 0.25) is 0 Å². The molecule has 2 aromatic carbocycles. The first-order valence-corrected chi connectivity index (χ1v) is 11.2. The lowest BCUT2D eigenvalue weighted by molar-refractivity contribution is -0.124. The van der Waals surface area contributed by atoms with Gasteiger partial charge in [-0.05, 0) is 37.7 Å². The molecule has 1 aliphatic heterocycles. The third kappa shape index (κ3) is 4.58. The summed E-state index contributed by atoms with van der Waals surface area (Å²) in [5.74, 6) is -0.978. The second-order valence-electron chi connectivity index (χ2n) is 7.83. The Hall–Kier alpha value is -2.67. The summed E-state index contributed by atoms with van der Waals surface area (Å²) >= 11 is 12.1. The lowest BCUT2D eigenvalue weighted by Crippen LogP contribution is -2.34. The van der Waals surface area contributed by atoms with Gasteiger partial charge in [0, 0.05) is 41.2 Å². The van der Waals surface area contributed by atoms with Crippen LogP contribution < -0.4 is 5.32 Å². The molecule has 0 saturated carbocycles. The van der Waals surface area contributed by atoms with Crippen LogP contribution in [0.3, 0.4) is 0 Å². The van der Waals surface area contributed by atoms with Gasteiger partial charge < -0.3 is 15.0 Å². The van der Waals surface area contributed by atoms with Crippen LogP contribution >= 0.6 is 23.2 Å². The number of halogens is 2. The van der Waals surface area contributed by atoms with E-state index in [0.29, 0.717) is 34.3 Å². The number of rotatable bonds is 5. The normalized spacial score (nSPS) is 14.6. The first-order chi connectivity index (χ1) is 15.4. The Bertz CT molecular complexity index is 1200. The molecule has 32 heavy (non-hydrogen) atoms. The van der Waals surface area contributed by atoms with Gasteiger partial charge >= 0.3 is 5.97 Å². The molecule has 0 radical (unpaired) electrons. The number of carbonyl (C=O) groups excluding carboxylic acids is 2. The Morgan fingerprint density at radius 1 is 1.22 bits per heavy atom. The molecule has 3 aromatic rings. The number of hydrogen-bond donors (Lipinski definition) is 1. The number of nitrogens with zero attached hydrogens (tertiary/aromatic N) is 2.